The minimum Gasteiger partial charge on any atom is -0.396 e. The Morgan fingerprint density at radius 1 is 0.615 bits per heavy atom. The second-order valence-electron chi connectivity index (χ2n) is 14.3. The molecule has 2 rings (SSSR count). The van der Waals surface area contributed by atoms with Gasteiger partial charge in [0.25, 0.3) is 0 Å². The van der Waals surface area contributed by atoms with E-state index < -0.39 is 40.0 Å². The Hall–Kier alpha value is -0.400. The first-order valence-electron chi connectivity index (χ1n) is 14.4. The highest BCUT2D eigenvalue weighted by atomic mass is 16.6. The molecule has 10 heteroatoms. The first kappa shape index (κ1) is 34.8. The van der Waals surface area contributed by atoms with Crippen molar-refractivity contribution in [2.45, 2.75) is 116 Å². The number of aliphatic hydroxyl groups excluding tert-OH is 4. The molecule has 0 aromatic carbocycles. The molecule has 0 aliphatic carbocycles. The lowest BCUT2D eigenvalue weighted by molar-refractivity contribution is -0.194. The van der Waals surface area contributed by atoms with Crippen LogP contribution in [-0.2, 0) is 18.9 Å². The second kappa shape index (κ2) is 13.3. The number of nitrogens with zero attached hydrogens (tertiary/aromatic N) is 2. The lowest BCUT2D eigenvalue weighted by Gasteiger charge is -2.39. The number of hydrogen-bond acceptors (Lipinski definition) is 10. The van der Waals surface area contributed by atoms with E-state index in [1.165, 1.54) is 0 Å². The summed E-state index contributed by atoms with van der Waals surface area (Å²) in [6.07, 6.45) is -1.27. The van der Waals surface area contributed by atoms with Crippen molar-refractivity contribution < 1.29 is 39.4 Å². The molecule has 10 nitrogen and oxygen atoms in total. The van der Waals surface area contributed by atoms with Crippen LogP contribution in [0.1, 0.15) is 69.2 Å². The van der Waals surface area contributed by atoms with E-state index in [9.17, 15) is 20.4 Å². The number of aliphatic hydroxyl groups is 4. The van der Waals surface area contributed by atoms with E-state index in [-0.39, 0.29) is 39.6 Å². The normalized spacial score (nSPS) is 26.0. The second-order valence-corrected chi connectivity index (χ2v) is 14.3. The van der Waals surface area contributed by atoms with E-state index in [0.717, 1.165) is 13.1 Å². The summed E-state index contributed by atoms with van der Waals surface area (Å²) in [4.78, 5) is 4.38. The number of hydrogen-bond donors (Lipinski definition) is 4. The zero-order valence-electron chi connectivity index (χ0n) is 26.2. The van der Waals surface area contributed by atoms with Gasteiger partial charge in [0, 0.05) is 38.3 Å². The van der Waals surface area contributed by atoms with Crippen LogP contribution in [0.5, 0.6) is 0 Å². The van der Waals surface area contributed by atoms with E-state index in [1.807, 2.05) is 55.4 Å². The van der Waals surface area contributed by atoms with Crippen molar-refractivity contribution in [3.05, 3.63) is 0 Å². The fraction of sp³-hybridized carbons (Fsp3) is 1.00. The van der Waals surface area contributed by atoms with E-state index in [4.69, 9.17) is 18.9 Å². The van der Waals surface area contributed by atoms with Gasteiger partial charge < -0.3 is 39.4 Å². The molecule has 2 aliphatic heterocycles. The zero-order valence-corrected chi connectivity index (χ0v) is 26.2. The van der Waals surface area contributed by atoms with Crippen LogP contribution in [-0.4, -0.2) is 143 Å². The highest BCUT2D eigenvalue weighted by Crippen LogP contribution is 2.28. The van der Waals surface area contributed by atoms with Crippen molar-refractivity contribution in [3.8, 4) is 0 Å². The molecular weight excluding hydrogens is 504 g/mol. The van der Waals surface area contributed by atoms with Crippen LogP contribution in [0.15, 0.2) is 0 Å². The first-order valence-corrected chi connectivity index (χ1v) is 14.4. The smallest absolute Gasteiger partial charge is 0.0951 e. The quantitative estimate of drug-likeness (QED) is 0.161. The molecular formula is C29H58N2O8. The molecule has 0 saturated carbocycles. The molecule has 0 spiro atoms. The summed E-state index contributed by atoms with van der Waals surface area (Å²) in [5.41, 5.74) is -3.99. The maximum Gasteiger partial charge on any atom is 0.0951 e. The monoisotopic (exact) mass is 562 g/mol. The Morgan fingerprint density at radius 2 is 0.923 bits per heavy atom. The van der Waals surface area contributed by atoms with Crippen LogP contribution in [0.4, 0.5) is 0 Å². The van der Waals surface area contributed by atoms with Gasteiger partial charge in [-0.25, -0.2) is 0 Å². The predicted octanol–water partition coefficient (Wildman–Crippen LogP) is 1.27. The summed E-state index contributed by atoms with van der Waals surface area (Å²) in [5, 5.41) is 41.7. The van der Waals surface area contributed by atoms with Gasteiger partial charge in [0.2, 0.25) is 0 Å². The Kier molecular flexibility index (Phi) is 11.8. The third kappa shape index (κ3) is 11.1. The summed E-state index contributed by atoms with van der Waals surface area (Å²) >= 11 is 0. The number of ether oxygens (including phenoxy) is 4. The molecule has 0 bridgehead atoms. The van der Waals surface area contributed by atoms with Crippen molar-refractivity contribution in [2.24, 2.45) is 5.41 Å². The highest BCUT2D eigenvalue weighted by Gasteiger charge is 2.41. The van der Waals surface area contributed by atoms with Crippen molar-refractivity contribution in [2.75, 3.05) is 65.8 Å². The van der Waals surface area contributed by atoms with Crippen LogP contribution in [0.25, 0.3) is 0 Å². The lowest BCUT2D eigenvalue weighted by atomic mass is 9.91. The molecule has 2 aliphatic rings. The molecule has 39 heavy (non-hydrogen) atoms. The molecule has 0 amide bonds. The zero-order chi connectivity index (χ0) is 29.9. The van der Waals surface area contributed by atoms with E-state index in [0.29, 0.717) is 25.2 Å². The maximum atomic E-state index is 10.6. The van der Waals surface area contributed by atoms with Gasteiger partial charge in [-0.15, -0.1) is 0 Å². The fourth-order valence-electron chi connectivity index (χ4n) is 3.94. The number of β-amino-alcohol motifs (C(OH)–C–C–N with tert-alkyl or cyclic N) is 2. The van der Waals surface area contributed by atoms with Crippen molar-refractivity contribution in [1.82, 2.24) is 9.80 Å². The van der Waals surface area contributed by atoms with Crippen LogP contribution in [0.3, 0.4) is 0 Å². The first-order chi connectivity index (χ1) is 17.8. The van der Waals surface area contributed by atoms with E-state index in [1.54, 1.807) is 0 Å². The molecule has 0 radical (unpaired) electrons. The Bertz CT molecular complexity index is 698. The van der Waals surface area contributed by atoms with Crippen LogP contribution >= 0.6 is 0 Å². The van der Waals surface area contributed by atoms with Crippen LogP contribution in [0.2, 0.25) is 0 Å². The molecule has 6 atom stereocenters. The summed E-state index contributed by atoms with van der Waals surface area (Å²) in [6, 6.07) is 1.01. The third-order valence-electron chi connectivity index (χ3n) is 8.19. The Labute approximate surface area is 236 Å². The fourth-order valence-corrected chi connectivity index (χ4v) is 3.94. The lowest BCUT2D eigenvalue weighted by Crippen LogP contribution is -2.49. The van der Waals surface area contributed by atoms with Gasteiger partial charge in [-0.05, 0) is 69.2 Å². The summed E-state index contributed by atoms with van der Waals surface area (Å²) in [5.74, 6) is 0. The van der Waals surface area contributed by atoms with Gasteiger partial charge in [-0.2, -0.15) is 0 Å². The topological polar surface area (TPSA) is 124 Å². The SMILES string of the molecule is CC1CN1CC(O)C(C)(C)OCC(C)(C)OCC(CO)(CO)COC(C)(C)COC(C)(C)C(O)CN1CC1C. The minimum absolute atomic E-state index is 0.0554. The van der Waals surface area contributed by atoms with Crippen LogP contribution in [0, 0.1) is 5.41 Å². The van der Waals surface area contributed by atoms with E-state index in [2.05, 4.69) is 23.6 Å². The van der Waals surface area contributed by atoms with Gasteiger partial charge in [-0.3, -0.25) is 9.80 Å². The molecule has 6 unspecified atom stereocenters. The van der Waals surface area contributed by atoms with Crippen molar-refractivity contribution in [3.63, 3.8) is 0 Å². The van der Waals surface area contributed by atoms with Gasteiger partial charge in [-0.1, -0.05) is 0 Å². The standard InChI is InChI=1S/C29H58N2O8/c1-21-11-30(21)13-23(34)27(7,8)38-17-25(3,4)36-19-29(15-32,16-33)20-37-26(5,6)18-39-28(9,10)24(35)14-31-12-22(31)2/h21-24,32-35H,11-20H2,1-10H3. The Morgan fingerprint density at radius 3 is 1.18 bits per heavy atom. The average molecular weight is 563 g/mol. The molecule has 4 N–H and O–H groups in total. The Balaban J connectivity index is 1.84. The largest absolute Gasteiger partial charge is 0.396 e. The molecule has 2 saturated heterocycles. The average Bonchev–Trinajstić information content (AvgIpc) is 3.75. The van der Waals surface area contributed by atoms with Crippen LogP contribution < -0.4 is 0 Å². The number of rotatable bonds is 20. The molecule has 2 heterocycles. The summed E-state index contributed by atoms with van der Waals surface area (Å²) < 4.78 is 24.4. The molecule has 0 aromatic heterocycles. The minimum atomic E-state index is -1.02. The highest BCUT2D eigenvalue weighted by molar-refractivity contribution is 4.93. The predicted molar refractivity (Wildman–Crippen MR) is 151 cm³/mol. The van der Waals surface area contributed by atoms with Gasteiger partial charge in [0.15, 0.2) is 0 Å². The third-order valence-corrected chi connectivity index (χ3v) is 8.19. The molecule has 2 fully saturated rings. The molecule has 0 aromatic rings. The molecule has 232 valence electrons. The maximum absolute atomic E-state index is 10.6. The summed E-state index contributed by atoms with van der Waals surface area (Å²) in [7, 11) is 0. The van der Waals surface area contributed by atoms with Gasteiger partial charge in [0.1, 0.15) is 0 Å². The van der Waals surface area contributed by atoms with Crippen molar-refractivity contribution >= 4 is 0 Å². The van der Waals surface area contributed by atoms with Crippen molar-refractivity contribution in [1.29, 1.82) is 0 Å². The van der Waals surface area contributed by atoms with Gasteiger partial charge in [0.05, 0.1) is 79.7 Å². The van der Waals surface area contributed by atoms with E-state index >= 15 is 0 Å². The van der Waals surface area contributed by atoms with Gasteiger partial charge >= 0.3 is 0 Å². The summed E-state index contributed by atoms with van der Waals surface area (Å²) in [6.45, 7) is 22.3.